The molecule has 2 fully saturated rings. The molecule has 2 saturated carbocycles. The van der Waals surface area contributed by atoms with Crippen LogP contribution in [0, 0.1) is 0 Å². The van der Waals surface area contributed by atoms with Crippen molar-refractivity contribution >= 4 is 11.8 Å². The molecule has 1 heterocycles. The van der Waals surface area contributed by atoms with E-state index in [2.05, 4.69) is 15.5 Å². The number of hydrogen-bond donors (Lipinski definition) is 1. The largest absolute Gasteiger partial charge is 0.338 e. The average Bonchev–Trinajstić information content (AvgIpc) is 3.16. The normalized spacial score (nSPS) is 21.5. The van der Waals surface area contributed by atoms with E-state index in [1.165, 1.54) is 51.4 Å². The van der Waals surface area contributed by atoms with E-state index in [-0.39, 0.29) is 0 Å². The predicted octanol–water partition coefficient (Wildman–Crippen LogP) is 3.28. The topological polar surface area (TPSA) is 51.0 Å². The molecule has 0 spiro atoms. The Kier molecular flexibility index (Phi) is 4.77. The van der Waals surface area contributed by atoms with Crippen LogP contribution in [-0.2, 0) is 12.3 Å². The lowest BCUT2D eigenvalue weighted by atomic mass is 10.2. The Morgan fingerprint density at radius 3 is 2.63 bits per heavy atom. The van der Waals surface area contributed by atoms with Gasteiger partial charge in [-0.3, -0.25) is 0 Å². The van der Waals surface area contributed by atoms with Gasteiger partial charge in [-0.1, -0.05) is 30.8 Å². The molecule has 0 unspecified atom stereocenters. The van der Waals surface area contributed by atoms with Crippen molar-refractivity contribution in [2.45, 2.75) is 75.0 Å². The van der Waals surface area contributed by atoms with E-state index in [1.807, 2.05) is 11.8 Å². The van der Waals surface area contributed by atoms with Crippen LogP contribution in [0.25, 0.3) is 0 Å². The summed E-state index contributed by atoms with van der Waals surface area (Å²) in [5.74, 6) is 2.51. The lowest BCUT2D eigenvalue weighted by Crippen LogP contribution is -2.25. The molecule has 0 radical (unpaired) electrons. The van der Waals surface area contributed by atoms with Gasteiger partial charge in [0.15, 0.2) is 5.82 Å². The van der Waals surface area contributed by atoms with Crippen molar-refractivity contribution < 1.29 is 4.52 Å². The summed E-state index contributed by atoms with van der Waals surface area (Å²) in [6, 6.07) is 0.656. The summed E-state index contributed by atoms with van der Waals surface area (Å²) in [6.45, 7) is 0.728. The maximum absolute atomic E-state index is 5.30. The van der Waals surface area contributed by atoms with Gasteiger partial charge in [0.2, 0.25) is 5.89 Å². The number of nitrogens with zero attached hydrogens (tertiary/aromatic N) is 2. The molecule has 0 saturated heterocycles. The third-order valence-corrected chi connectivity index (χ3v) is 5.53. The minimum atomic E-state index is 0.656. The first-order valence-electron chi connectivity index (χ1n) is 7.56. The Morgan fingerprint density at radius 1 is 1.11 bits per heavy atom. The van der Waals surface area contributed by atoms with Crippen LogP contribution < -0.4 is 5.32 Å². The van der Waals surface area contributed by atoms with E-state index in [0.29, 0.717) is 6.04 Å². The minimum Gasteiger partial charge on any atom is -0.338 e. The van der Waals surface area contributed by atoms with Crippen LogP contribution in [0.4, 0.5) is 0 Å². The first-order chi connectivity index (χ1) is 9.40. The minimum absolute atomic E-state index is 0.656. The molecule has 1 aromatic rings. The summed E-state index contributed by atoms with van der Waals surface area (Å²) in [7, 11) is 0. The molecule has 1 aromatic heterocycles. The van der Waals surface area contributed by atoms with Crippen molar-refractivity contribution in [2.24, 2.45) is 0 Å². The first kappa shape index (κ1) is 13.4. The summed E-state index contributed by atoms with van der Waals surface area (Å²) in [6.07, 6.45) is 10.8. The second-order valence-corrected chi connectivity index (χ2v) is 6.97. The molecule has 4 nitrogen and oxygen atoms in total. The molecular weight excluding hydrogens is 258 g/mol. The zero-order valence-electron chi connectivity index (χ0n) is 11.4. The lowest BCUT2D eigenvalue weighted by Gasteiger charge is -2.08. The van der Waals surface area contributed by atoms with Crippen molar-refractivity contribution in [3.05, 3.63) is 11.7 Å². The summed E-state index contributed by atoms with van der Waals surface area (Å²) in [5.41, 5.74) is 0. The van der Waals surface area contributed by atoms with Crippen LogP contribution >= 0.6 is 11.8 Å². The Morgan fingerprint density at radius 2 is 1.84 bits per heavy atom. The fourth-order valence-electron chi connectivity index (χ4n) is 3.03. The second-order valence-electron chi connectivity index (χ2n) is 5.68. The summed E-state index contributed by atoms with van der Waals surface area (Å²) < 4.78 is 5.30. The van der Waals surface area contributed by atoms with Gasteiger partial charge in [-0.2, -0.15) is 16.7 Å². The molecule has 19 heavy (non-hydrogen) atoms. The van der Waals surface area contributed by atoms with Crippen LogP contribution in [-0.4, -0.2) is 21.4 Å². The molecule has 106 valence electrons. The molecule has 0 amide bonds. The highest BCUT2D eigenvalue weighted by Crippen LogP contribution is 2.30. The van der Waals surface area contributed by atoms with Gasteiger partial charge in [-0.25, -0.2) is 0 Å². The number of rotatable bonds is 6. The highest BCUT2D eigenvalue weighted by molar-refractivity contribution is 7.99. The van der Waals surface area contributed by atoms with E-state index in [9.17, 15) is 0 Å². The van der Waals surface area contributed by atoms with Gasteiger partial charge in [-0.05, 0) is 25.7 Å². The third kappa shape index (κ3) is 3.96. The smallest absolute Gasteiger partial charge is 0.240 e. The zero-order chi connectivity index (χ0) is 12.9. The maximum atomic E-state index is 5.30. The zero-order valence-corrected chi connectivity index (χ0v) is 12.3. The van der Waals surface area contributed by atoms with E-state index in [1.54, 1.807) is 0 Å². The van der Waals surface area contributed by atoms with Crippen molar-refractivity contribution in [1.82, 2.24) is 15.5 Å². The van der Waals surface area contributed by atoms with Crippen LogP contribution in [0.3, 0.4) is 0 Å². The summed E-state index contributed by atoms with van der Waals surface area (Å²) in [5, 5.41) is 8.40. The van der Waals surface area contributed by atoms with Crippen LogP contribution in [0.15, 0.2) is 4.52 Å². The molecule has 0 aliphatic heterocycles. The molecule has 2 aliphatic rings. The van der Waals surface area contributed by atoms with Gasteiger partial charge in [0.05, 0.1) is 12.3 Å². The average molecular weight is 281 g/mol. The molecule has 0 bridgehead atoms. The number of aromatic nitrogens is 2. The lowest BCUT2D eigenvalue weighted by molar-refractivity contribution is 0.354. The number of nitrogens with one attached hydrogen (secondary N) is 1. The van der Waals surface area contributed by atoms with Crippen LogP contribution in [0.1, 0.15) is 63.1 Å². The molecule has 0 aromatic carbocycles. The fraction of sp³-hybridized carbons (Fsp3) is 0.857. The van der Waals surface area contributed by atoms with E-state index < -0.39 is 0 Å². The quantitative estimate of drug-likeness (QED) is 0.867. The van der Waals surface area contributed by atoms with E-state index in [4.69, 9.17) is 4.52 Å². The van der Waals surface area contributed by atoms with Crippen molar-refractivity contribution in [2.75, 3.05) is 0 Å². The third-order valence-electron chi connectivity index (χ3n) is 4.16. The Balaban J connectivity index is 1.40. The van der Waals surface area contributed by atoms with Gasteiger partial charge in [-0.15, -0.1) is 0 Å². The molecule has 1 N–H and O–H groups in total. The van der Waals surface area contributed by atoms with Crippen LogP contribution in [0.5, 0.6) is 0 Å². The van der Waals surface area contributed by atoms with Gasteiger partial charge in [0.1, 0.15) is 0 Å². The highest BCUT2D eigenvalue weighted by Gasteiger charge is 2.18. The second kappa shape index (κ2) is 6.75. The molecule has 3 rings (SSSR count). The molecule has 2 aliphatic carbocycles. The first-order valence-corrected chi connectivity index (χ1v) is 8.61. The van der Waals surface area contributed by atoms with Crippen molar-refractivity contribution in [3.8, 4) is 0 Å². The SMILES string of the molecule is C1CCC(NCc2nc(CSC3CCCC3)no2)C1. The van der Waals surface area contributed by atoms with Gasteiger partial charge in [0.25, 0.3) is 0 Å². The van der Waals surface area contributed by atoms with Crippen LogP contribution in [0.2, 0.25) is 0 Å². The maximum Gasteiger partial charge on any atom is 0.240 e. The molecular formula is C14H23N3OS. The van der Waals surface area contributed by atoms with E-state index in [0.717, 1.165) is 29.3 Å². The van der Waals surface area contributed by atoms with Crippen molar-refractivity contribution in [3.63, 3.8) is 0 Å². The fourth-order valence-corrected chi connectivity index (χ4v) is 4.20. The standard InChI is InChI=1S/C14H23N3OS/c1-2-6-11(5-1)15-9-14-16-13(17-18-14)10-19-12-7-3-4-8-12/h11-12,15H,1-10H2. The highest BCUT2D eigenvalue weighted by atomic mass is 32.2. The van der Waals surface area contributed by atoms with Crippen molar-refractivity contribution in [1.29, 1.82) is 0 Å². The molecule has 0 atom stereocenters. The summed E-state index contributed by atoms with van der Waals surface area (Å²) >= 11 is 1.99. The molecule has 5 heteroatoms. The Hall–Kier alpha value is -0.550. The van der Waals surface area contributed by atoms with E-state index >= 15 is 0 Å². The predicted molar refractivity (Wildman–Crippen MR) is 76.9 cm³/mol. The van der Waals surface area contributed by atoms with Gasteiger partial charge >= 0.3 is 0 Å². The number of hydrogen-bond acceptors (Lipinski definition) is 5. The van der Waals surface area contributed by atoms with Gasteiger partial charge in [0, 0.05) is 11.3 Å². The summed E-state index contributed by atoms with van der Waals surface area (Å²) in [4.78, 5) is 4.47. The Labute approximate surface area is 119 Å². The number of thioether (sulfide) groups is 1. The monoisotopic (exact) mass is 281 g/mol. The Bertz CT molecular complexity index is 349. The van der Waals surface area contributed by atoms with Gasteiger partial charge < -0.3 is 9.84 Å².